The largest absolute Gasteiger partial charge is 0.454 e. The molecule has 0 aliphatic carbocycles. The molecular weight excluding hydrogens is 376 g/mol. The molecule has 3 aliphatic rings. The lowest BCUT2D eigenvalue weighted by Gasteiger charge is -2.33. The summed E-state index contributed by atoms with van der Waals surface area (Å²) >= 11 is 0. The first kappa shape index (κ1) is 19.7. The topological polar surface area (TPSA) is 97.3 Å². The molecule has 0 spiro atoms. The number of carbonyl (C=O) groups excluding carboxylic acids is 2. The molecule has 3 atom stereocenters. The zero-order valence-electron chi connectivity index (χ0n) is 16.2. The lowest BCUT2D eigenvalue weighted by molar-refractivity contribution is -0.136. The van der Waals surface area contributed by atoms with Crippen LogP contribution in [-0.2, 0) is 9.53 Å². The average Bonchev–Trinajstić information content (AvgIpc) is 3.23. The second-order valence-electron chi connectivity index (χ2n) is 7.49. The fraction of sp³-hybridized carbons (Fsp3) is 0.524. The fourth-order valence-electron chi connectivity index (χ4n) is 3.85. The number of likely N-dealkylation sites (tertiary alicyclic amines) is 1. The van der Waals surface area contributed by atoms with E-state index in [1.165, 1.54) is 6.42 Å². The molecule has 2 amide bonds. The van der Waals surface area contributed by atoms with Crippen molar-refractivity contribution in [3.05, 3.63) is 35.9 Å². The zero-order chi connectivity index (χ0) is 20.2. The molecule has 0 unspecified atom stereocenters. The van der Waals surface area contributed by atoms with E-state index in [1.54, 1.807) is 30.4 Å². The lowest BCUT2D eigenvalue weighted by atomic mass is 10.0. The van der Waals surface area contributed by atoms with E-state index in [9.17, 15) is 14.7 Å². The second kappa shape index (κ2) is 8.84. The molecule has 4 rings (SSSR count). The van der Waals surface area contributed by atoms with Crippen molar-refractivity contribution in [3.63, 3.8) is 0 Å². The normalized spacial score (nSPS) is 25.7. The summed E-state index contributed by atoms with van der Waals surface area (Å²) in [4.78, 5) is 26.9. The maximum atomic E-state index is 12.6. The lowest BCUT2D eigenvalue weighted by Crippen LogP contribution is -2.49. The Morgan fingerprint density at radius 3 is 2.69 bits per heavy atom. The van der Waals surface area contributed by atoms with Crippen molar-refractivity contribution in [1.29, 1.82) is 0 Å². The predicted molar refractivity (Wildman–Crippen MR) is 104 cm³/mol. The van der Waals surface area contributed by atoms with E-state index in [-0.39, 0.29) is 31.6 Å². The number of hydrogen-bond acceptors (Lipinski definition) is 6. The molecule has 0 aromatic heterocycles. The number of hydrogen-bond donors (Lipinski definition) is 2. The van der Waals surface area contributed by atoms with Crippen LogP contribution in [0.1, 0.15) is 36.0 Å². The molecule has 29 heavy (non-hydrogen) atoms. The second-order valence-corrected chi connectivity index (χ2v) is 7.49. The van der Waals surface area contributed by atoms with Gasteiger partial charge in [0.1, 0.15) is 6.10 Å². The highest BCUT2D eigenvalue weighted by Crippen LogP contribution is 2.32. The fourth-order valence-corrected chi connectivity index (χ4v) is 3.85. The average molecular weight is 402 g/mol. The van der Waals surface area contributed by atoms with E-state index in [0.717, 1.165) is 25.9 Å². The van der Waals surface area contributed by atoms with Crippen LogP contribution in [0.3, 0.4) is 0 Å². The summed E-state index contributed by atoms with van der Waals surface area (Å²) in [7, 11) is 0. The van der Waals surface area contributed by atoms with Gasteiger partial charge in [-0.1, -0.05) is 12.2 Å². The Balaban J connectivity index is 1.36. The molecule has 3 heterocycles. The Bertz CT molecular complexity index is 789. The molecule has 2 N–H and O–H groups in total. The van der Waals surface area contributed by atoms with E-state index < -0.39 is 18.2 Å². The Hall–Kier alpha value is -2.58. The van der Waals surface area contributed by atoms with Crippen LogP contribution >= 0.6 is 0 Å². The molecule has 0 bridgehead atoms. The van der Waals surface area contributed by atoms with Gasteiger partial charge in [0, 0.05) is 18.7 Å². The van der Waals surface area contributed by atoms with Gasteiger partial charge < -0.3 is 29.5 Å². The first-order valence-electron chi connectivity index (χ1n) is 10.1. The van der Waals surface area contributed by atoms with Crippen molar-refractivity contribution in [1.82, 2.24) is 10.2 Å². The summed E-state index contributed by atoms with van der Waals surface area (Å²) in [6, 6.07) is 4.49. The highest BCUT2D eigenvalue weighted by atomic mass is 16.7. The van der Waals surface area contributed by atoms with Gasteiger partial charge in [-0.05, 0) is 37.5 Å². The highest BCUT2D eigenvalue weighted by molar-refractivity contribution is 5.95. The van der Waals surface area contributed by atoms with Gasteiger partial charge in [0.05, 0.1) is 25.2 Å². The summed E-state index contributed by atoms with van der Waals surface area (Å²) in [5.41, 5.74) is 0.432. The number of piperidine rings is 1. The molecule has 8 heteroatoms. The molecule has 0 saturated carbocycles. The van der Waals surface area contributed by atoms with Crippen molar-refractivity contribution in [2.75, 3.05) is 26.5 Å². The summed E-state index contributed by atoms with van der Waals surface area (Å²) in [6.45, 7) is 1.48. The third-order valence-corrected chi connectivity index (χ3v) is 5.48. The third-order valence-electron chi connectivity index (χ3n) is 5.48. The number of rotatable bonds is 5. The maximum absolute atomic E-state index is 12.6. The van der Waals surface area contributed by atoms with Crippen LogP contribution in [-0.4, -0.2) is 66.6 Å². The number of fused-ring (bicyclic) bond motifs is 1. The van der Waals surface area contributed by atoms with Crippen LogP contribution < -0.4 is 14.8 Å². The van der Waals surface area contributed by atoms with E-state index in [1.807, 2.05) is 4.90 Å². The molecule has 1 aromatic rings. The van der Waals surface area contributed by atoms with Crippen molar-refractivity contribution in [2.24, 2.45) is 0 Å². The van der Waals surface area contributed by atoms with Crippen LogP contribution in [0.15, 0.2) is 30.4 Å². The number of aliphatic hydroxyl groups is 1. The summed E-state index contributed by atoms with van der Waals surface area (Å²) in [6.07, 6.45) is 6.07. The van der Waals surface area contributed by atoms with Gasteiger partial charge in [-0.25, -0.2) is 0 Å². The standard InChI is InChI=1S/C21H26N2O6/c24-12-19-16(22-21(26)14-4-7-17-18(10-14)28-13-27-17)6-5-15(29-19)11-20(25)23-8-2-1-3-9-23/h4-7,10,15-16,19,24H,1-3,8-9,11-13H2,(H,22,26)/t15-,16-,19+/m1/s1. The number of aliphatic hydroxyl groups excluding tert-OH is 1. The van der Waals surface area contributed by atoms with E-state index in [4.69, 9.17) is 14.2 Å². The van der Waals surface area contributed by atoms with E-state index in [2.05, 4.69) is 5.32 Å². The molecule has 3 aliphatic heterocycles. The monoisotopic (exact) mass is 402 g/mol. The number of carbonyl (C=O) groups is 2. The number of benzene rings is 1. The van der Waals surface area contributed by atoms with Crippen LogP contribution in [0.25, 0.3) is 0 Å². The summed E-state index contributed by atoms with van der Waals surface area (Å²) in [5.74, 6) is 0.904. The molecular formula is C21H26N2O6. The quantitative estimate of drug-likeness (QED) is 0.719. The van der Waals surface area contributed by atoms with Crippen LogP contribution in [0.4, 0.5) is 0 Å². The minimum Gasteiger partial charge on any atom is -0.454 e. The van der Waals surface area contributed by atoms with Crippen LogP contribution in [0.2, 0.25) is 0 Å². The number of ether oxygens (including phenoxy) is 3. The molecule has 1 aromatic carbocycles. The van der Waals surface area contributed by atoms with Gasteiger partial charge in [0.25, 0.3) is 5.91 Å². The maximum Gasteiger partial charge on any atom is 0.251 e. The number of amides is 2. The molecule has 0 radical (unpaired) electrons. The first-order valence-corrected chi connectivity index (χ1v) is 10.1. The Labute approximate surface area is 169 Å². The summed E-state index contributed by atoms with van der Waals surface area (Å²) < 4.78 is 16.4. The SMILES string of the molecule is O=C(N[C@@H]1C=C[C@H](CC(=O)N2CCCCC2)O[C@H]1CO)c1ccc2c(c1)OCO2. The van der Waals surface area contributed by atoms with Gasteiger partial charge >= 0.3 is 0 Å². The highest BCUT2D eigenvalue weighted by Gasteiger charge is 2.30. The van der Waals surface area contributed by atoms with Crippen molar-refractivity contribution < 1.29 is 28.9 Å². The van der Waals surface area contributed by atoms with Gasteiger partial charge in [0.15, 0.2) is 11.5 Å². The van der Waals surface area contributed by atoms with Crippen molar-refractivity contribution in [2.45, 2.75) is 43.9 Å². The van der Waals surface area contributed by atoms with Crippen LogP contribution in [0, 0.1) is 0 Å². The van der Waals surface area contributed by atoms with Gasteiger partial charge in [-0.15, -0.1) is 0 Å². The van der Waals surface area contributed by atoms with E-state index in [0.29, 0.717) is 17.1 Å². The zero-order valence-corrected chi connectivity index (χ0v) is 16.2. The number of nitrogens with one attached hydrogen (secondary N) is 1. The van der Waals surface area contributed by atoms with Crippen molar-refractivity contribution >= 4 is 11.8 Å². The minimum atomic E-state index is -0.614. The Morgan fingerprint density at radius 1 is 1.10 bits per heavy atom. The number of nitrogens with zero attached hydrogens (tertiary/aromatic N) is 1. The minimum absolute atomic E-state index is 0.0684. The molecule has 8 nitrogen and oxygen atoms in total. The Kier molecular flexibility index (Phi) is 6.01. The smallest absolute Gasteiger partial charge is 0.251 e. The van der Waals surface area contributed by atoms with Gasteiger partial charge in [0.2, 0.25) is 12.7 Å². The van der Waals surface area contributed by atoms with Gasteiger partial charge in [-0.3, -0.25) is 9.59 Å². The van der Waals surface area contributed by atoms with E-state index >= 15 is 0 Å². The summed E-state index contributed by atoms with van der Waals surface area (Å²) in [5, 5.41) is 12.6. The molecule has 156 valence electrons. The molecule has 1 saturated heterocycles. The van der Waals surface area contributed by atoms with Crippen molar-refractivity contribution in [3.8, 4) is 11.5 Å². The van der Waals surface area contributed by atoms with Gasteiger partial charge in [-0.2, -0.15) is 0 Å². The molecule has 1 fully saturated rings. The van der Waals surface area contributed by atoms with Crippen LogP contribution in [0.5, 0.6) is 11.5 Å². The Morgan fingerprint density at radius 2 is 1.90 bits per heavy atom. The predicted octanol–water partition coefficient (Wildman–Crippen LogP) is 1.23. The first-order chi connectivity index (χ1) is 14.1. The third kappa shape index (κ3) is 4.54.